The molecule has 0 unspecified atom stereocenters. The summed E-state index contributed by atoms with van der Waals surface area (Å²) >= 11 is 0. The number of carbonyl (C=O) groups is 1. The fourth-order valence-corrected chi connectivity index (χ4v) is 3.48. The minimum Gasteiger partial charge on any atom is -0.336 e. The zero-order chi connectivity index (χ0) is 16.6. The molecular formula is C18H24N4O. The second-order valence-electron chi connectivity index (χ2n) is 6.57. The maximum Gasteiger partial charge on any atom is 0.317 e. The number of imidazole rings is 1. The molecule has 1 aliphatic heterocycles. The van der Waals surface area contributed by atoms with E-state index in [1.807, 2.05) is 57.3 Å². The van der Waals surface area contributed by atoms with Crippen LogP contribution in [0.3, 0.4) is 0 Å². The molecule has 0 fully saturated rings. The Morgan fingerprint density at radius 1 is 1.26 bits per heavy atom. The molecule has 0 spiro atoms. The largest absolute Gasteiger partial charge is 0.336 e. The Balaban J connectivity index is 1.78. The lowest BCUT2D eigenvalue weighted by Crippen LogP contribution is -2.48. The predicted octanol–water partition coefficient (Wildman–Crippen LogP) is 3.28. The van der Waals surface area contributed by atoms with E-state index >= 15 is 0 Å². The van der Waals surface area contributed by atoms with Gasteiger partial charge >= 0.3 is 6.03 Å². The van der Waals surface area contributed by atoms with Gasteiger partial charge < -0.3 is 14.8 Å². The summed E-state index contributed by atoms with van der Waals surface area (Å²) in [5.74, 6) is 0. The summed E-state index contributed by atoms with van der Waals surface area (Å²) in [7, 11) is 0. The molecule has 0 aliphatic carbocycles. The number of benzene rings is 1. The number of hydrogen-bond donors (Lipinski definition) is 1. The lowest BCUT2D eigenvalue weighted by Gasteiger charge is -2.31. The first-order chi connectivity index (χ1) is 11.0. The summed E-state index contributed by atoms with van der Waals surface area (Å²) in [5.41, 5.74) is 3.56. The predicted molar refractivity (Wildman–Crippen MR) is 91.3 cm³/mol. The summed E-state index contributed by atoms with van der Waals surface area (Å²) in [6, 6.07) is 8.76. The van der Waals surface area contributed by atoms with E-state index in [0.717, 1.165) is 5.69 Å². The zero-order valence-corrected chi connectivity index (χ0v) is 14.2. The van der Waals surface area contributed by atoms with E-state index in [4.69, 9.17) is 0 Å². The van der Waals surface area contributed by atoms with Crippen molar-refractivity contribution in [2.24, 2.45) is 0 Å². The van der Waals surface area contributed by atoms with Crippen molar-refractivity contribution in [1.82, 2.24) is 19.8 Å². The lowest BCUT2D eigenvalue weighted by molar-refractivity contribution is 0.164. The van der Waals surface area contributed by atoms with Gasteiger partial charge in [-0.1, -0.05) is 24.3 Å². The van der Waals surface area contributed by atoms with Crippen molar-refractivity contribution in [2.75, 3.05) is 6.54 Å². The van der Waals surface area contributed by atoms with Gasteiger partial charge in [-0.15, -0.1) is 0 Å². The van der Waals surface area contributed by atoms with Crippen molar-refractivity contribution in [3.8, 4) is 11.3 Å². The number of rotatable bonds is 4. The molecule has 0 saturated carbocycles. The lowest BCUT2D eigenvalue weighted by atomic mass is 10.0. The molecular weight excluding hydrogens is 288 g/mol. The van der Waals surface area contributed by atoms with Crippen molar-refractivity contribution in [3.05, 3.63) is 42.4 Å². The summed E-state index contributed by atoms with van der Waals surface area (Å²) < 4.78 is 2.14. The van der Waals surface area contributed by atoms with Gasteiger partial charge in [0.05, 0.1) is 24.3 Å². The van der Waals surface area contributed by atoms with Gasteiger partial charge in [0.25, 0.3) is 0 Å². The fraction of sp³-hybridized carbons (Fsp3) is 0.444. The summed E-state index contributed by atoms with van der Waals surface area (Å²) in [5, 5.41) is 3.10. The molecule has 122 valence electrons. The summed E-state index contributed by atoms with van der Waals surface area (Å²) in [6.45, 7) is 8.73. The second kappa shape index (κ2) is 6.07. The van der Waals surface area contributed by atoms with Crippen LogP contribution in [0.4, 0.5) is 4.79 Å². The highest BCUT2D eigenvalue weighted by molar-refractivity contribution is 5.75. The molecule has 2 heterocycles. The van der Waals surface area contributed by atoms with Gasteiger partial charge in [-0.05, 0) is 33.3 Å². The number of aromatic nitrogens is 2. The third kappa shape index (κ3) is 2.71. The van der Waals surface area contributed by atoms with Crippen LogP contribution >= 0.6 is 0 Å². The molecule has 5 nitrogen and oxygen atoms in total. The molecule has 0 bridgehead atoms. The minimum absolute atomic E-state index is 0.0129. The maximum absolute atomic E-state index is 12.5. The molecule has 1 atom stereocenters. The van der Waals surface area contributed by atoms with Crippen LogP contribution in [0.5, 0.6) is 0 Å². The number of amides is 2. The third-order valence-electron chi connectivity index (χ3n) is 4.39. The quantitative estimate of drug-likeness (QED) is 0.942. The van der Waals surface area contributed by atoms with E-state index < -0.39 is 0 Å². The molecule has 2 amide bonds. The monoisotopic (exact) mass is 312 g/mol. The Hall–Kier alpha value is -2.30. The highest BCUT2D eigenvalue weighted by atomic mass is 16.2. The zero-order valence-electron chi connectivity index (χ0n) is 14.2. The molecule has 1 aliphatic rings. The van der Waals surface area contributed by atoms with Crippen molar-refractivity contribution in [3.63, 3.8) is 0 Å². The topological polar surface area (TPSA) is 50.2 Å². The van der Waals surface area contributed by atoms with E-state index in [0.29, 0.717) is 6.54 Å². The first-order valence-electron chi connectivity index (χ1n) is 8.18. The Labute approximate surface area is 137 Å². The Kier molecular flexibility index (Phi) is 4.11. The SMILES string of the molecule is CC(C)N(C(=O)NC[C@H]1c2ccccc2-c2cncn21)C(C)C. The number of carbonyl (C=O) groups excluding carboxylic acids is 1. The van der Waals surface area contributed by atoms with Crippen LogP contribution in [-0.4, -0.2) is 39.1 Å². The van der Waals surface area contributed by atoms with Crippen LogP contribution in [0.15, 0.2) is 36.8 Å². The molecule has 1 aromatic heterocycles. The average Bonchev–Trinajstić information content (AvgIpc) is 3.05. The Morgan fingerprint density at radius 2 is 1.96 bits per heavy atom. The highest BCUT2D eigenvalue weighted by Crippen LogP contribution is 2.38. The fourth-order valence-electron chi connectivity index (χ4n) is 3.48. The van der Waals surface area contributed by atoms with Crippen molar-refractivity contribution < 1.29 is 4.79 Å². The minimum atomic E-state index is -0.0129. The van der Waals surface area contributed by atoms with Gasteiger partial charge in [0.15, 0.2) is 0 Å². The van der Waals surface area contributed by atoms with E-state index in [1.165, 1.54) is 11.1 Å². The van der Waals surface area contributed by atoms with Gasteiger partial charge in [0.2, 0.25) is 0 Å². The maximum atomic E-state index is 12.5. The van der Waals surface area contributed by atoms with Crippen LogP contribution in [0.2, 0.25) is 0 Å². The first kappa shape index (κ1) is 15.6. The van der Waals surface area contributed by atoms with Crippen molar-refractivity contribution in [1.29, 1.82) is 0 Å². The normalized spacial score (nSPS) is 15.7. The molecule has 0 saturated heterocycles. The summed E-state index contributed by atoms with van der Waals surface area (Å²) in [4.78, 5) is 18.7. The van der Waals surface area contributed by atoms with Crippen LogP contribution in [0, 0.1) is 0 Å². The number of nitrogens with zero attached hydrogens (tertiary/aromatic N) is 3. The van der Waals surface area contributed by atoms with Gasteiger partial charge in [-0.2, -0.15) is 0 Å². The standard InChI is InChI=1S/C18H24N4O/c1-12(2)22(13(3)4)18(23)20-10-17-15-8-6-5-7-14(15)16-9-19-11-21(16)17/h5-9,11-13,17H,10H2,1-4H3,(H,20,23)/t17-/m0/s1. The van der Waals surface area contributed by atoms with E-state index in [9.17, 15) is 4.79 Å². The molecule has 23 heavy (non-hydrogen) atoms. The molecule has 0 radical (unpaired) electrons. The van der Waals surface area contributed by atoms with Gasteiger partial charge in [0.1, 0.15) is 0 Å². The average molecular weight is 312 g/mol. The van der Waals surface area contributed by atoms with E-state index in [1.54, 1.807) is 0 Å². The van der Waals surface area contributed by atoms with E-state index in [2.05, 4.69) is 27.0 Å². The van der Waals surface area contributed by atoms with Crippen LogP contribution < -0.4 is 5.32 Å². The van der Waals surface area contributed by atoms with E-state index in [-0.39, 0.29) is 24.2 Å². The first-order valence-corrected chi connectivity index (χ1v) is 8.18. The highest BCUT2D eigenvalue weighted by Gasteiger charge is 2.29. The number of fused-ring (bicyclic) bond motifs is 3. The Morgan fingerprint density at radius 3 is 2.65 bits per heavy atom. The second-order valence-corrected chi connectivity index (χ2v) is 6.57. The molecule has 5 heteroatoms. The molecule has 1 aromatic carbocycles. The van der Waals surface area contributed by atoms with Gasteiger partial charge in [-0.25, -0.2) is 9.78 Å². The molecule has 3 rings (SSSR count). The Bertz CT molecular complexity index is 697. The number of nitrogens with one attached hydrogen (secondary N) is 1. The van der Waals surface area contributed by atoms with Gasteiger partial charge in [0, 0.05) is 24.2 Å². The molecule has 2 aromatic rings. The smallest absolute Gasteiger partial charge is 0.317 e. The van der Waals surface area contributed by atoms with Crippen molar-refractivity contribution in [2.45, 2.75) is 45.8 Å². The molecule has 1 N–H and O–H groups in total. The summed E-state index contributed by atoms with van der Waals surface area (Å²) in [6.07, 6.45) is 3.73. The number of urea groups is 1. The van der Waals surface area contributed by atoms with Crippen LogP contribution in [0.25, 0.3) is 11.3 Å². The van der Waals surface area contributed by atoms with Gasteiger partial charge in [-0.3, -0.25) is 0 Å². The van der Waals surface area contributed by atoms with Crippen LogP contribution in [-0.2, 0) is 0 Å². The van der Waals surface area contributed by atoms with Crippen molar-refractivity contribution >= 4 is 6.03 Å². The van der Waals surface area contributed by atoms with Crippen LogP contribution in [0.1, 0.15) is 39.3 Å². The number of hydrogen-bond acceptors (Lipinski definition) is 2. The third-order valence-corrected chi connectivity index (χ3v) is 4.39.